The summed E-state index contributed by atoms with van der Waals surface area (Å²) in [6.45, 7) is 2.03. The molecule has 45 heavy (non-hydrogen) atoms. The normalized spacial score (nSPS) is 12.6. The number of benzene rings is 3. The van der Waals surface area contributed by atoms with E-state index in [1.807, 2.05) is 28.9 Å². The standard InChI is InChI=1S/C34H26F2N4O4S/c1-3-45(42,43)39-27-18-30-24(31(34(41)37-2)33(44-30)20-9-12-21(35)13-10-20)16-23(27)26-14-11-19-6-5-15-40-28-8-4-7-25(36)22(28)17-29(40)32(19)38-26/h4-14,16-18,39H,3,15H2,1-2H3,(H,37,41). The average Bonchev–Trinajstić information content (AvgIpc) is 3.54. The molecule has 11 heteroatoms. The third kappa shape index (κ3) is 4.85. The number of carbonyl (C=O) groups excluding carboxylic acids is 1. The largest absolute Gasteiger partial charge is 0.455 e. The molecular weight excluding hydrogens is 598 g/mol. The molecule has 4 heterocycles. The lowest BCUT2D eigenvalue weighted by molar-refractivity contribution is 0.0964. The van der Waals surface area contributed by atoms with Crippen LogP contribution in [0.4, 0.5) is 14.5 Å². The summed E-state index contributed by atoms with van der Waals surface area (Å²) in [5.74, 6) is -1.19. The molecule has 3 aromatic carbocycles. The first-order valence-electron chi connectivity index (χ1n) is 14.2. The number of furan rings is 1. The van der Waals surface area contributed by atoms with Crippen molar-refractivity contribution in [2.45, 2.75) is 13.5 Å². The summed E-state index contributed by atoms with van der Waals surface area (Å²) in [5, 5.41) is 3.52. The average molecular weight is 625 g/mol. The Kier molecular flexibility index (Phi) is 6.77. The molecule has 6 aromatic rings. The second-order valence-electron chi connectivity index (χ2n) is 10.6. The van der Waals surface area contributed by atoms with Gasteiger partial charge in [0.2, 0.25) is 10.0 Å². The zero-order chi connectivity index (χ0) is 31.5. The van der Waals surface area contributed by atoms with E-state index in [-0.39, 0.29) is 34.2 Å². The van der Waals surface area contributed by atoms with Gasteiger partial charge < -0.3 is 14.3 Å². The van der Waals surface area contributed by atoms with Gasteiger partial charge in [0.1, 0.15) is 23.0 Å². The number of allylic oxidation sites excluding steroid dienone is 1. The topological polar surface area (TPSA) is 106 Å². The van der Waals surface area contributed by atoms with Gasteiger partial charge in [-0.3, -0.25) is 9.52 Å². The number of nitrogens with zero attached hydrogens (tertiary/aromatic N) is 2. The van der Waals surface area contributed by atoms with Crippen LogP contribution in [0, 0.1) is 11.6 Å². The summed E-state index contributed by atoms with van der Waals surface area (Å²) in [6, 6.07) is 19.1. The van der Waals surface area contributed by atoms with E-state index >= 15 is 0 Å². The van der Waals surface area contributed by atoms with Crippen molar-refractivity contribution in [1.82, 2.24) is 14.9 Å². The predicted octanol–water partition coefficient (Wildman–Crippen LogP) is 7.21. The molecule has 0 atom stereocenters. The lowest BCUT2D eigenvalue weighted by Gasteiger charge is -2.14. The number of rotatable bonds is 6. The zero-order valence-electron chi connectivity index (χ0n) is 24.2. The fourth-order valence-electron chi connectivity index (χ4n) is 5.72. The summed E-state index contributed by atoms with van der Waals surface area (Å²) < 4.78 is 64.9. The SMILES string of the molecule is CCS(=O)(=O)Nc1cc2oc(-c3ccc(F)cc3)c(C(=O)NC)c2cc1-c1ccc2c(n1)-c1cc3c(F)cccc3n1CC=C2. The van der Waals surface area contributed by atoms with Gasteiger partial charge in [-0.05, 0) is 61.5 Å². The maximum Gasteiger partial charge on any atom is 0.255 e. The number of anilines is 1. The van der Waals surface area contributed by atoms with Crippen molar-refractivity contribution in [3.8, 4) is 34.0 Å². The van der Waals surface area contributed by atoms with Gasteiger partial charge in [-0.25, -0.2) is 22.2 Å². The quantitative estimate of drug-likeness (QED) is 0.204. The summed E-state index contributed by atoms with van der Waals surface area (Å²) in [7, 11) is -2.25. The Morgan fingerprint density at radius 1 is 1.02 bits per heavy atom. The maximum absolute atomic E-state index is 14.8. The Morgan fingerprint density at radius 2 is 1.82 bits per heavy atom. The smallest absolute Gasteiger partial charge is 0.255 e. The molecular formula is C34H26F2N4O4S. The summed E-state index contributed by atoms with van der Waals surface area (Å²) in [5.41, 5.74) is 4.80. The lowest BCUT2D eigenvalue weighted by atomic mass is 10.00. The van der Waals surface area contributed by atoms with Gasteiger partial charge in [-0.2, -0.15) is 0 Å². The van der Waals surface area contributed by atoms with Gasteiger partial charge in [-0.15, -0.1) is 0 Å². The van der Waals surface area contributed by atoms with Crippen LogP contribution in [0.5, 0.6) is 0 Å². The van der Waals surface area contributed by atoms with Crippen LogP contribution in [0.2, 0.25) is 0 Å². The summed E-state index contributed by atoms with van der Waals surface area (Å²) in [4.78, 5) is 18.2. The minimum Gasteiger partial charge on any atom is -0.455 e. The first-order chi connectivity index (χ1) is 21.7. The van der Waals surface area contributed by atoms with Gasteiger partial charge in [0.15, 0.2) is 0 Å². The molecule has 0 bridgehead atoms. The van der Waals surface area contributed by atoms with E-state index in [1.54, 1.807) is 24.3 Å². The van der Waals surface area contributed by atoms with Crippen LogP contribution in [0.15, 0.2) is 83.3 Å². The second-order valence-corrected chi connectivity index (χ2v) is 12.7. The first-order valence-corrected chi connectivity index (χ1v) is 15.9. The van der Waals surface area contributed by atoms with Crippen molar-refractivity contribution in [1.29, 1.82) is 0 Å². The zero-order valence-corrected chi connectivity index (χ0v) is 25.0. The van der Waals surface area contributed by atoms with E-state index in [0.717, 1.165) is 11.1 Å². The highest BCUT2D eigenvalue weighted by atomic mass is 32.2. The van der Waals surface area contributed by atoms with Crippen LogP contribution >= 0.6 is 0 Å². The Hall–Kier alpha value is -5.29. The summed E-state index contributed by atoms with van der Waals surface area (Å²) >= 11 is 0. The second kappa shape index (κ2) is 10.7. The number of carbonyl (C=O) groups is 1. The van der Waals surface area contributed by atoms with Crippen LogP contribution < -0.4 is 10.0 Å². The predicted molar refractivity (Wildman–Crippen MR) is 171 cm³/mol. The lowest BCUT2D eigenvalue weighted by Crippen LogP contribution is -2.18. The molecule has 2 N–H and O–H groups in total. The fourth-order valence-corrected chi connectivity index (χ4v) is 6.37. The van der Waals surface area contributed by atoms with Crippen molar-refractivity contribution in [2.75, 3.05) is 17.5 Å². The van der Waals surface area contributed by atoms with Crippen molar-refractivity contribution in [2.24, 2.45) is 0 Å². The van der Waals surface area contributed by atoms with Crippen LogP contribution in [0.25, 0.3) is 61.9 Å². The number of fused-ring (bicyclic) bond motifs is 6. The summed E-state index contributed by atoms with van der Waals surface area (Å²) in [6.07, 6.45) is 3.93. The number of nitrogens with one attached hydrogen (secondary N) is 2. The van der Waals surface area contributed by atoms with Crippen molar-refractivity contribution >= 4 is 49.6 Å². The minimum atomic E-state index is -3.74. The highest BCUT2D eigenvalue weighted by Crippen LogP contribution is 2.41. The van der Waals surface area contributed by atoms with Gasteiger partial charge >= 0.3 is 0 Å². The molecule has 0 radical (unpaired) electrons. The van der Waals surface area contributed by atoms with Gasteiger partial charge in [0.05, 0.1) is 39.6 Å². The van der Waals surface area contributed by atoms with Gasteiger partial charge in [-0.1, -0.05) is 24.3 Å². The minimum absolute atomic E-state index is 0.180. The third-order valence-corrected chi connectivity index (χ3v) is 9.25. The Balaban J connectivity index is 1.49. The molecule has 0 unspecified atom stereocenters. The molecule has 0 saturated carbocycles. The molecule has 3 aromatic heterocycles. The number of aromatic nitrogens is 2. The van der Waals surface area contributed by atoms with E-state index in [2.05, 4.69) is 10.0 Å². The van der Waals surface area contributed by atoms with Crippen LogP contribution in [-0.2, 0) is 16.6 Å². The molecule has 1 aliphatic heterocycles. The Bertz CT molecular complexity index is 2310. The van der Waals surface area contributed by atoms with E-state index in [1.165, 1.54) is 50.4 Å². The molecule has 7 rings (SSSR count). The maximum atomic E-state index is 14.8. The fraction of sp³-hybridized carbons (Fsp3) is 0.118. The van der Waals surface area contributed by atoms with Crippen LogP contribution in [0.3, 0.4) is 0 Å². The Labute approximate surface area is 257 Å². The highest BCUT2D eigenvalue weighted by molar-refractivity contribution is 7.92. The Morgan fingerprint density at radius 3 is 2.58 bits per heavy atom. The number of sulfonamides is 1. The van der Waals surface area contributed by atoms with E-state index < -0.39 is 21.7 Å². The van der Waals surface area contributed by atoms with E-state index in [0.29, 0.717) is 45.5 Å². The van der Waals surface area contributed by atoms with Crippen LogP contribution in [-0.4, -0.2) is 36.7 Å². The van der Waals surface area contributed by atoms with Crippen molar-refractivity contribution in [3.05, 3.63) is 102 Å². The number of pyridine rings is 1. The van der Waals surface area contributed by atoms with E-state index in [4.69, 9.17) is 9.40 Å². The van der Waals surface area contributed by atoms with Crippen molar-refractivity contribution in [3.63, 3.8) is 0 Å². The first kappa shape index (κ1) is 28.5. The highest BCUT2D eigenvalue weighted by Gasteiger charge is 2.26. The number of halogens is 2. The monoisotopic (exact) mass is 624 g/mol. The molecule has 1 amide bonds. The molecule has 8 nitrogen and oxygen atoms in total. The molecule has 0 saturated heterocycles. The van der Waals surface area contributed by atoms with Gasteiger partial charge in [0.25, 0.3) is 5.91 Å². The molecule has 226 valence electrons. The van der Waals surface area contributed by atoms with E-state index in [9.17, 15) is 22.0 Å². The molecule has 1 aliphatic rings. The van der Waals surface area contributed by atoms with Crippen molar-refractivity contribution < 1.29 is 26.4 Å². The molecule has 0 spiro atoms. The molecule has 0 aliphatic carbocycles. The number of hydrogen-bond donors (Lipinski definition) is 2. The van der Waals surface area contributed by atoms with Crippen LogP contribution in [0.1, 0.15) is 22.8 Å². The number of amides is 1. The molecule has 0 fully saturated rings. The van der Waals surface area contributed by atoms with Gasteiger partial charge in [0, 0.05) is 47.1 Å². The third-order valence-electron chi connectivity index (χ3n) is 7.96. The number of hydrogen-bond acceptors (Lipinski definition) is 5.